The van der Waals surface area contributed by atoms with Gasteiger partial charge in [0.2, 0.25) is 0 Å². The quantitative estimate of drug-likeness (QED) is 0.351. The number of rotatable bonds is 6. The summed E-state index contributed by atoms with van der Waals surface area (Å²) in [6, 6.07) is 11.3. The summed E-state index contributed by atoms with van der Waals surface area (Å²) >= 11 is 6.36. The molecule has 1 heterocycles. The van der Waals surface area contributed by atoms with Gasteiger partial charge in [0.05, 0.1) is 17.2 Å². The normalized spacial score (nSPS) is 15.0. The molecular formula is C26H20ClF4NO5. The number of carbonyl (C=O) groups is 2. The highest BCUT2D eigenvalue weighted by Crippen LogP contribution is 2.48. The van der Waals surface area contributed by atoms with Crippen molar-refractivity contribution in [1.29, 1.82) is 0 Å². The lowest BCUT2D eigenvalue weighted by Gasteiger charge is -2.31. The molecule has 37 heavy (non-hydrogen) atoms. The van der Waals surface area contributed by atoms with Crippen molar-refractivity contribution in [3.8, 4) is 17.2 Å². The molecular weight excluding hydrogens is 518 g/mol. The number of likely N-dealkylation sites (N-methyl/N-ethyl adjacent to an activating group) is 1. The number of benzene rings is 3. The van der Waals surface area contributed by atoms with Gasteiger partial charge in [0, 0.05) is 18.1 Å². The molecule has 1 amide bonds. The molecule has 0 spiro atoms. The van der Waals surface area contributed by atoms with Crippen molar-refractivity contribution < 1.29 is 41.7 Å². The van der Waals surface area contributed by atoms with Crippen LogP contribution in [0, 0.1) is 5.82 Å². The van der Waals surface area contributed by atoms with E-state index in [1.807, 2.05) is 0 Å². The number of amides is 1. The van der Waals surface area contributed by atoms with E-state index in [-0.39, 0.29) is 45.9 Å². The largest absolute Gasteiger partial charge is 0.482 e. The molecule has 11 heteroatoms. The fraction of sp³-hybridized carbons (Fsp3) is 0.231. The molecule has 1 aliphatic rings. The van der Waals surface area contributed by atoms with E-state index in [0.717, 1.165) is 12.1 Å². The zero-order valence-corrected chi connectivity index (χ0v) is 20.2. The second kappa shape index (κ2) is 9.93. The van der Waals surface area contributed by atoms with Gasteiger partial charge in [0.1, 0.15) is 23.1 Å². The Kier molecular flexibility index (Phi) is 7.05. The third-order valence-corrected chi connectivity index (χ3v) is 6.48. The SMILES string of the molecule is CC(c1ccc(Oc2ccc(C(=O)O)c(F)c2)cc1Cl)C(c1ccc2c(c1)N(C)C(=O)CO2)C(F)(F)F. The second-order valence-corrected chi connectivity index (χ2v) is 8.92. The van der Waals surface area contributed by atoms with E-state index < -0.39 is 35.4 Å². The molecule has 0 aliphatic carbocycles. The summed E-state index contributed by atoms with van der Waals surface area (Å²) in [5.74, 6) is -5.47. The van der Waals surface area contributed by atoms with Crippen molar-refractivity contribution in [2.75, 3.05) is 18.6 Å². The van der Waals surface area contributed by atoms with Gasteiger partial charge in [-0.1, -0.05) is 30.7 Å². The Bertz CT molecular complexity index is 1380. The molecule has 0 radical (unpaired) electrons. The first-order chi connectivity index (χ1) is 17.4. The summed E-state index contributed by atoms with van der Waals surface area (Å²) in [4.78, 5) is 24.2. The molecule has 194 valence electrons. The second-order valence-electron chi connectivity index (χ2n) is 8.51. The van der Waals surface area contributed by atoms with Gasteiger partial charge in [-0.3, -0.25) is 4.79 Å². The molecule has 2 unspecified atom stereocenters. The van der Waals surface area contributed by atoms with Crippen molar-refractivity contribution in [2.45, 2.75) is 24.9 Å². The topological polar surface area (TPSA) is 76.1 Å². The summed E-state index contributed by atoms with van der Waals surface area (Å²) in [5.41, 5.74) is -0.153. The zero-order valence-electron chi connectivity index (χ0n) is 19.5. The molecule has 3 aromatic rings. The van der Waals surface area contributed by atoms with Gasteiger partial charge < -0.3 is 19.5 Å². The van der Waals surface area contributed by atoms with E-state index in [9.17, 15) is 27.2 Å². The third kappa shape index (κ3) is 5.34. The van der Waals surface area contributed by atoms with Crippen LogP contribution in [0.25, 0.3) is 0 Å². The van der Waals surface area contributed by atoms with E-state index in [1.54, 1.807) is 0 Å². The van der Waals surface area contributed by atoms with Gasteiger partial charge >= 0.3 is 12.1 Å². The molecule has 0 aromatic heterocycles. The number of carbonyl (C=O) groups excluding carboxylic acids is 1. The van der Waals surface area contributed by atoms with Crippen molar-refractivity contribution >= 4 is 29.2 Å². The molecule has 0 saturated carbocycles. The molecule has 3 aromatic carbocycles. The Morgan fingerprint density at radius 1 is 1.11 bits per heavy atom. The number of nitrogens with zero attached hydrogens (tertiary/aromatic N) is 1. The predicted molar refractivity (Wildman–Crippen MR) is 127 cm³/mol. The molecule has 2 atom stereocenters. The average Bonchev–Trinajstić information content (AvgIpc) is 2.81. The van der Waals surface area contributed by atoms with Crippen molar-refractivity contribution in [3.05, 3.63) is 82.1 Å². The fourth-order valence-corrected chi connectivity index (χ4v) is 4.58. The monoisotopic (exact) mass is 537 g/mol. The molecule has 6 nitrogen and oxygen atoms in total. The lowest BCUT2D eigenvalue weighted by atomic mass is 9.81. The van der Waals surface area contributed by atoms with Crippen molar-refractivity contribution in [3.63, 3.8) is 0 Å². The number of halogens is 5. The Hall–Kier alpha value is -3.79. The first-order valence-electron chi connectivity index (χ1n) is 11.0. The molecule has 0 bridgehead atoms. The minimum absolute atomic E-state index is 0.00420. The lowest BCUT2D eigenvalue weighted by molar-refractivity contribution is -0.154. The number of ether oxygens (including phenoxy) is 2. The standard InChI is InChI=1S/C26H20ClF4NO5/c1-13(24(26(29,30)31)14-3-8-22-21(9-14)32(2)23(33)12-36-22)17-6-4-15(10-19(17)27)37-16-5-7-18(25(34)35)20(28)11-16/h3-11,13,24H,12H2,1-2H3,(H,34,35). The maximum atomic E-state index is 14.3. The van der Waals surface area contributed by atoms with Crippen molar-refractivity contribution in [1.82, 2.24) is 0 Å². The third-order valence-electron chi connectivity index (χ3n) is 6.15. The van der Waals surface area contributed by atoms with Gasteiger partial charge in [-0.05, 0) is 53.4 Å². The van der Waals surface area contributed by atoms with Crippen LogP contribution in [0.4, 0.5) is 23.2 Å². The van der Waals surface area contributed by atoms with E-state index >= 15 is 0 Å². The van der Waals surface area contributed by atoms with Crippen LogP contribution in [0.3, 0.4) is 0 Å². The van der Waals surface area contributed by atoms with Crippen molar-refractivity contribution in [2.24, 2.45) is 0 Å². The number of alkyl halides is 3. The van der Waals surface area contributed by atoms with Crippen LogP contribution in [0.5, 0.6) is 17.2 Å². The van der Waals surface area contributed by atoms with Gasteiger partial charge in [-0.25, -0.2) is 9.18 Å². The maximum absolute atomic E-state index is 14.3. The summed E-state index contributed by atoms with van der Waals surface area (Å²) in [5, 5.41) is 8.93. The summed E-state index contributed by atoms with van der Waals surface area (Å²) < 4.78 is 67.7. The fourth-order valence-electron chi connectivity index (χ4n) is 4.23. The highest BCUT2D eigenvalue weighted by Gasteiger charge is 2.45. The van der Waals surface area contributed by atoms with Gasteiger partial charge in [0.15, 0.2) is 6.61 Å². The minimum Gasteiger partial charge on any atom is -0.482 e. The zero-order chi connectivity index (χ0) is 27.1. The van der Waals surface area contributed by atoms with E-state index in [0.29, 0.717) is 5.75 Å². The van der Waals surface area contributed by atoms with Gasteiger partial charge in [-0.15, -0.1) is 0 Å². The van der Waals surface area contributed by atoms with Crippen LogP contribution in [-0.4, -0.2) is 36.8 Å². The molecule has 0 saturated heterocycles. The van der Waals surface area contributed by atoms with E-state index in [1.165, 1.54) is 61.3 Å². The van der Waals surface area contributed by atoms with Crippen LogP contribution < -0.4 is 14.4 Å². The van der Waals surface area contributed by atoms with Crippen LogP contribution >= 0.6 is 11.6 Å². The number of anilines is 1. The van der Waals surface area contributed by atoms with Gasteiger partial charge in [-0.2, -0.15) is 13.2 Å². The number of hydrogen-bond donors (Lipinski definition) is 1. The average molecular weight is 538 g/mol. The van der Waals surface area contributed by atoms with Crippen LogP contribution in [0.15, 0.2) is 54.6 Å². The number of carboxylic acids is 1. The first-order valence-corrected chi connectivity index (χ1v) is 11.3. The number of fused-ring (bicyclic) bond motifs is 1. The van der Waals surface area contributed by atoms with Crippen LogP contribution in [-0.2, 0) is 4.79 Å². The summed E-state index contributed by atoms with van der Waals surface area (Å²) in [6.45, 7) is 1.20. The minimum atomic E-state index is -4.65. The Balaban J connectivity index is 1.63. The smallest absolute Gasteiger partial charge is 0.396 e. The highest BCUT2D eigenvalue weighted by atomic mass is 35.5. The number of aromatic carboxylic acids is 1. The Morgan fingerprint density at radius 2 is 1.78 bits per heavy atom. The lowest BCUT2D eigenvalue weighted by Crippen LogP contribution is -2.35. The number of hydrogen-bond acceptors (Lipinski definition) is 4. The van der Waals surface area contributed by atoms with E-state index in [4.69, 9.17) is 26.2 Å². The molecule has 1 N–H and O–H groups in total. The van der Waals surface area contributed by atoms with Crippen LogP contribution in [0.2, 0.25) is 5.02 Å². The maximum Gasteiger partial charge on any atom is 0.396 e. The molecule has 0 fully saturated rings. The molecule has 4 rings (SSSR count). The highest BCUT2D eigenvalue weighted by molar-refractivity contribution is 6.31. The first kappa shape index (κ1) is 26.3. The molecule has 1 aliphatic heterocycles. The summed E-state index contributed by atoms with van der Waals surface area (Å²) in [6.07, 6.45) is -4.65. The predicted octanol–water partition coefficient (Wildman–Crippen LogP) is 6.77. The summed E-state index contributed by atoms with van der Waals surface area (Å²) in [7, 11) is 1.47. The number of carboxylic acid groups (broad SMARTS) is 1. The Morgan fingerprint density at radius 3 is 2.41 bits per heavy atom. The van der Waals surface area contributed by atoms with E-state index in [2.05, 4.69) is 0 Å². The van der Waals surface area contributed by atoms with Gasteiger partial charge in [0.25, 0.3) is 5.91 Å². The Labute approximate surface area is 214 Å². The van der Waals surface area contributed by atoms with Crippen LogP contribution in [0.1, 0.15) is 40.2 Å².